The zero-order valence-corrected chi connectivity index (χ0v) is 12.8. The van der Waals surface area contributed by atoms with E-state index in [-0.39, 0.29) is 11.5 Å². The molecule has 120 valence electrons. The maximum atomic E-state index is 11.1. The summed E-state index contributed by atoms with van der Waals surface area (Å²) in [5.41, 5.74) is 0.583. The molecule has 5 heteroatoms. The maximum Gasteiger partial charge on any atom is 0.339 e. The van der Waals surface area contributed by atoms with Crippen LogP contribution in [0, 0.1) is 0 Å². The van der Waals surface area contributed by atoms with Crippen LogP contribution in [0.25, 0.3) is 0 Å². The summed E-state index contributed by atoms with van der Waals surface area (Å²) < 4.78 is 10.5. The Labute approximate surface area is 130 Å². The fourth-order valence-corrected chi connectivity index (χ4v) is 1.80. The van der Waals surface area contributed by atoms with Crippen LogP contribution in [-0.2, 0) is 9.53 Å². The van der Waals surface area contributed by atoms with Crippen molar-refractivity contribution in [3.63, 3.8) is 0 Å². The molecular formula is C17H22O5. The van der Waals surface area contributed by atoms with Crippen LogP contribution in [-0.4, -0.2) is 30.3 Å². The van der Waals surface area contributed by atoms with Gasteiger partial charge in [-0.15, -0.1) is 0 Å². The standard InChI is InChI=1S/C17H22O5/c1-13(2)17(20)22-12-8-4-3-7-11-21-15-10-6-5-9-14(15)16(18)19/h5-6,9-10H,1,3-4,7-8,11-12H2,2H3,(H,18,19). The first-order valence-electron chi connectivity index (χ1n) is 7.30. The molecule has 22 heavy (non-hydrogen) atoms. The highest BCUT2D eigenvalue weighted by Gasteiger charge is 2.09. The zero-order valence-electron chi connectivity index (χ0n) is 12.8. The Morgan fingerprint density at radius 2 is 1.73 bits per heavy atom. The Kier molecular flexibility index (Phi) is 7.75. The Hall–Kier alpha value is -2.30. The molecule has 0 aliphatic heterocycles. The van der Waals surface area contributed by atoms with Gasteiger partial charge >= 0.3 is 11.9 Å². The predicted octanol–water partition coefficient (Wildman–Crippen LogP) is 3.44. The van der Waals surface area contributed by atoms with Crippen molar-refractivity contribution in [2.75, 3.05) is 13.2 Å². The Morgan fingerprint density at radius 3 is 2.36 bits per heavy atom. The van der Waals surface area contributed by atoms with Crippen LogP contribution < -0.4 is 4.74 Å². The van der Waals surface area contributed by atoms with Crippen molar-refractivity contribution in [1.29, 1.82) is 0 Å². The first kappa shape index (κ1) is 17.8. The number of hydrogen-bond acceptors (Lipinski definition) is 4. The van der Waals surface area contributed by atoms with Gasteiger partial charge in [-0.25, -0.2) is 9.59 Å². The van der Waals surface area contributed by atoms with E-state index in [1.807, 2.05) is 0 Å². The fourth-order valence-electron chi connectivity index (χ4n) is 1.80. The monoisotopic (exact) mass is 306 g/mol. The highest BCUT2D eigenvalue weighted by molar-refractivity contribution is 5.90. The second-order valence-corrected chi connectivity index (χ2v) is 4.98. The third-order valence-corrected chi connectivity index (χ3v) is 3.00. The van der Waals surface area contributed by atoms with Crippen molar-refractivity contribution in [3.8, 4) is 5.75 Å². The summed E-state index contributed by atoms with van der Waals surface area (Å²) in [6.07, 6.45) is 3.47. The van der Waals surface area contributed by atoms with E-state index in [1.165, 1.54) is 6.07 Å². The van der Waals surface area contributed by atoms with Crippen molar-refractivity contribution < 1.29 is 24.2 Å². The number of benzene rings is 1. The van der Waals surface area contributed by atoms with Crippen LogP contribution in [0.2, 0.25) is 0 Å². The molecule has 0 bridgehead atoms. The average molecular weight is 306 g/mol. The van der Waals surface area contributed by atoms with E-state index < -0.39 is 5.97 Å². The summed E-state index contributed by atoms with van der Waals surface area (Å²) in [7, 11) is 0. The van der Waals surface area contributed by atoms with E-state index in [0.29, 0.717) is 24.5 Å². The number of ether oxygens (including phenoxy) is 2. The van der Waals surface area contributed by atoms with Gasteiger partial charge in [0.2, 0.25) is 0 Å². The summed E-state index contributed by atoms with van der Waals surface area (Å²) in [6, 6.07) is 6.59. The number of unbranched alkanes of at least 4 members (excludes halogenated alkanes) is 3. The minimum Gasteiger partial charge on any atom is -0.493 e. The van der Waals surface area contributed by atoms with Gasteiger partial charge in [-0.3, -0.25) is 0 Å². The number of rotatable bonds is 10. The number of esters is 1. The minimum absolute atomic E-state index is 0.175. The summed E-state index contributed by atoms with van der Waals surface area (Å²) in [5.74, 6) is -0.950. The predicted molar refractivity (Wildman–Crippen MR) is 83.1 cm³/mol. The Balaban J connectivity index is 2.13. The molecule has 0 unspecified atom stereocenters. The van der Waals surface area contributed by atoms with Gasteiger partial charge in [0.05, 0.1) is 13.2 Å². The average Bonchev–Trinajstić information content (AvgIpc) is 2.49. The number of hydrogen-bond donors (Lipinski definition) is 1. The van der Waals surface area contributed by atoms with Crippen LogP contribution in [0.15, 0.2) is 36.4 Å². The SMILES string of the molecule is C=C(C)C(=O)OCCCCCCOc1ccccc1C(=O)O. The van der Waals surface area contributed by atoms with E-state index in [9.17, 15) is 9.59 Å². The third-order valence-electron chi connectivity index (χ3n) is 3.00. The molecule has 0 spiro atoms. The lowest BCUT2D eigenvalue weighted by Gasteiger charge is -2.09. The molecule has 0 saturated heterocycles. The van der Waals surface area contributed by atoms with Crippen molar-refractivity contribution in [3.05, 3.63) is 42.0 Å². The topological polar surface area (TPSA) is 72.8 Å². The number of para-hydroxylation sites is 1. The molecule has 0 saturated carbocycles. The van der Waals surface area contributed by atoms with Crippen LogP contribution in [0.4, 0.5) is 0 Å². The van der Waals surface area contributed by atoms with Gasteiger partial charge in [-0.1, -0.05) is 18.7 Å². The molecule has 0 fully saturated rings. The van der Waals surface area contributed by atoms with Crippen molar-refractivity contribution in [1.82, 2.24) is 0 Å². The lowest BCUT2D eigenvalue weighted by Crippen LogP contribution is -2.06. The van der Waals surface area contributed by atoms with Crippen molar-refractivity contribution in [2.45, 2.75) is 32.6 Å². The van der Waals surface area contributed by atoms with Crippen LogP contribution >= 0.6 is 0 Å². The largest absolute Gasteiger partial charge is 0.493 e. The Bertz CT molecular complexity index is 522. The number of aromatic carboxylic acids is 1. The van der Waals surface area contributed by atoms with Gasteiger partial charge in [0.25, 0.3) is 0 Å². The van der Waals surface area contributed by atoms with Gasteiger partial charge < -0.3 is 14.6 Å². The molecule has 1 N–H and O–H groups in total. The van der Waals surface area contributed by atoms with Gasteiger partial charge in [-0.2, -0.15) is 0 Å². The smallest absolute Gasteiger partial charge is 0.339 e. The molecular weight excluding hydrogens is 284 g/mol. The first-order chi connectivity index (χ1) is 10.5. The fraction of sp³-hybridized carbons (Fsp3) is 0.412. The van der Waals surface area contributed by atoms with Crippen LogP contribution in [0.5, 0.6) is 5.75 Å². The molecule has 1 aromatic carbocycles. The number of carbonyl (C=O) groups is 2. The highest BCUT2D eigenvalue weighted by Crippen LogP contribution is 2.18. The van der Waals surface area contributed by atoms with Crippen LogP contribution in [0.1, 0.15) is 43.0 Å². The van der Waals surface area contributed by atoms with Gasteiger partial charge in [0.15, 0.2) is 0 Å². The number of carbonyl (C=O) groups excluding carboxylic acids is 1. The first-order valence-corrected chi connectivity index (χ1v) is 7.30. The molecule has 0 heterocycles. The summed E-state index contributed by atoms with van der Waals surface area (Å²) >= 11 is 0. The molecule has 0 radical (unpaired) electrons. The van der Waals surface area contributed by atoms with E-state index in [1.54, 1.807) is 25.1 Å². The summed E-state index contributed by atoms with van der Waals surface area (Å²) in [5, 5.41) is 9.02. The molecule has 0 aromatic heterocycles. The minimum atomic E-state index is -0.991. The molecule has 0 amide bonds. The molecule has 5 nitrogen and oxygen atoms in total. The van der Waals surface area contributed by atoms with Gasteiger partial charge in [0.1, 0.15) is 11.3 Å². The maximum absolute atomic E-state index is 11.1. The highest BCUT2D eigenvalue weighted by atomic mass is 16.5. The van der Waals surface area contributed by atoms with E-state index in [2.05, 4.69) is 6.58 Å². The van der Waals surface area contributed by atoms with Crippen molar-refractivity contribution in [2.24, 2.45) is 0 Å². The second kappa shape index (κ2) is 9.60. The number of carboxylic acids is 1. The summed E-state index contributed by atoms with van der Waals surface area (Å²) in [4.78, 5) is 22.1. The molecule has 1 rings (SSSR count). The lowest BCUT2D eigenvalue weighted by molar-refractivity contribution is -0.139. The van der Waals surface area contributed by atoms with Crippen LogP contribution in [0.3, 0.4) is 0 Å². The normalized spacial score (nSPS) is 10.0. The van der Waals surface area contributed by atoms with Gasteiger partial charge in [0, 0.05) is 5.57 Å². The number of carboxylic acid groups (broad SMARTS) is 1. The molecule has 1 aromatic rings. The molecule has 0 aliphatic rings. The van der Waals surface area contributed by atoms with Gasteiger partial charge in [-0.05, 0) is 44.7 Å². The van der Waals surface area contributed by atoms with E-state index >= 15 is 0 Å². The van der Waals surface area contributed by atoms with Crippen molar-refractivity contribution >= 4 is 11.9 Å². The summed E-state index contributed by atoms with van der Waals surface area (Å²) in [6.45, 7) is 5.99. The van der Waals surface area contributed by atoms with E-state index in [4.69, 9.17) is 14.6 Å². The van der Waals surface area contributed by atoms with E-state index in [0.717, 1.165) is 25.7 Å². The second-order valence-electron chi connectivity index (χ2n) is 4.98. The molecule has 0 aliphatic carbocycles. The molecule has 0 atom stereocenters. The zero-order chi connectivity index (χ0) is 16.4. The quantitative estimate of drug-likeness (QED) is 0.407. The third kappa shape index (κ3) is 6.43. The lowest BCUT2D eigenvalue weighted by atomic mass is 10.2. The Morgan fingerprint density at radius 1 is 1.09 bits per heavy atom.